The number of hydrogen-bond acceptors (Lipinski definition) is 1. The van der Waals surface area contributed by atoms with E-state index in [1.54, 1.807) is 0 Å². The lowest BCUT2D eigenvalue weighted by Gasteiger charge is -2.14. The molecule has 3 unspecified atom stereocenters. The van der Waals surface area contributed by atoms with Crippen LogP contribution in [0.15, 0.2) is 24.3 Å². The zero-order valence-electron chi connectivity index (χ0n) is 9.96. The van der Waals surface area contributed by atoms with Gasteiger partial charge in [0.15, 0.2) is 0 Å². The first kappa shape index (κ1) is 10.7. The lowest BCUT2D eigenvalue weighted by molar-refractivity contribution is 0.535. The van der Waals surface area contributed by atoms with Crippen molar-refractivity contribution in [3.63, 3.8) is 0 Å². The van der Waals surface area contributed by atoms with Crippen LogP contribution >= 0.6 is 0 Å². The van der Waals surface area contributed by atoms with E-state index in [1.807, 2.05) is 0 Å². The van der Waals surface area contributed by atoms with Gasteiger partial charge in [0.1, 0.15) is 0 Å². The number of benzene rings is 1. The topological polar surface area (TPSA) is 12.0 Å². The molecule has 0 bridgehead atoms. The molecule has 1 aliphatic carbocycles. The van der Waals surface area contributed by atoms with Crippen LogP contribution in [0.5, 0.6) is 0 Å². The maximum atomic E-state index is 3.62. The van der Waals surface area contributed by atoms with Gasteiger partial charge in [-0.2, -0.15) is 0 Å². The number of rotatable bonds is 4. The van der Waals surface area contributed by atoms with E-state index >= 15 is 0 Å². The first-order valence-electron chi connectivity index (χ1n) is 5.97. The largest absolute Gasteiger partial charge is 0.310 e. The van der Waals surface area contributed by atoms with E-state index < -0.39 is 0 Å². The Morgan fingerprint density at radius 1 is 1.47 bits per heavy atom. The Morgan fingerprint density at radius 3 is 2.80 bits per heavy atom. The maximum absolute atomic E-state index is 3.62. The van der Waals surface area contributed by atoms with Gasteiger partial charge in [0, 0.05) is 6.04 Å². The molecule has 0 aliphatic heterocycles. The molecule has 0 heterocycles. The van der Waals surface area contributed by atoms with E-state index in [9.17, 15) is 0 Å². The van der Waals surface area contributed by atoms with Crippen molar-refractivity contribution in [2.45, 2.75) is 33.2 Å². The van der Waals surface area contributed by atoms with E-state index in [2.05, 4.69) is 50.4 Å². The normalized spacial score (nSPS) is 26.3. The van der Waals surface area contributed by atoms with Crippen LogP contribution in [0.2, 0.25) is 0 Å². The standard InChI is InChI=1S/C14H21N/c1-10-5-4-6-13(7-10)12(3)15-9-14-8-11(14)2/h4-7,11-12,14-15H,8-9H2,1-3H3. The van der Waals surface area contributed by atoms with Crippen molar-refractivity contribution < 1.29 is 0 Å². The molecule has 15 heavy (non-hydrogen) atoms. The molecule has 2 rings (SSSR count). The summed E-state index contributed by atoms with van der Waals surface area (Å²) in [6.07, 6.45) is 1.41. The van der Waals surface area contributed by atoms with E-state index in [0.717, 1.165) is 11.8 Å². The van der Waals surface area contributed by atoms with Gasteiger partial charge in [0.05, 0.1) is 0 Å². The quantitative estimate of drug-likeness (QED) is 0.791. The SMILES string of the molecule is Cc1cccc(C(C)NCC2CC2C)c1. The second-order valence-corrected chi connectivity index (χ2v) is 5.02. The van der Waals surface area contributed by atoms with Crippen LogP contribution in [0.4, 0.5) is 0 Å². The van der Waals surface area contributed by atoms with E-state index in [4.69, 9.17) is 0 Å². The Kier molecular flexibility index (Phi) is 3.11. The smallest absolute Gasteiger partial charge is 0.0292 e. The molecule has 1 N–H and O–H groups in total. The molecule has 1 aliphatic rings. The maximum Gasteiger partial charge on any atom is 0.0292 e. The molecule has 1 heteroatoms. The third-order valence-corrected chi connectivity index (χ3v) is 3.50. The van der Waals surface area contributed by atoms with Crippen molar-refractivity contribution in [1.82, 2.24) is 5.32 Å². The minimum Gasteiger partial charge on any atom is -0.310 e. The molecule has 0 radical (unpaired) electrons. The van der Waals surface area contributed by atoms with Crippen LogP contribution in [0.3, 0.4) is 0 Å². The highest BCUT2D eigenvalue weighted by Crippen LogP contribution is 2.37. The lowest BCUT2D eigenvalue weighted by atomic mass is 10.1. The summed E-state index contributed by atoms with van der Waals surface area (Å²) in [6, 6.07) is 9.26. The van der Waals surface area contributed by atoms with Gasteiger partial charge < -0.3 is 5.32 Å². The Hall–Kier alpha value is -0.820. The first-order chi connectivity index (χ1) is 7.16. The molecule has 82 valence electrons. The van der Waals surface area contributed by atoms with Crippen LogP contribution < -0.4 is 5.32 Å². The third kappa shape index (κ3) is 2.82. The summed E-state index contributed by atoms with van der Waals surface area (Å²) < 4.78 is 0. The Balaban J connectivity index is 1.87. The van der Waals surface area contributed by atoms with Gasteiger partial charge in [0.25, 0.3) is 0 Å². The molecule has 0 aromatic heterocycles. The van der Waals surface area contributed by atoms with Crippen LogP contribution in [-0.4, -0.2) is 6.54 Å². The molecule has 0 saturated heterocycles. The fraction of sp³-hybridized carbons (Fsp3) is 0.571. The van der Waals surface area contributed by atoms with Gasteiger partial charge in [-0.05, 0) is 44.2 Å². The Bertz CT molecular complexity index is 332. The number of hydrogen-bond donors (Lipinski definition) is 1. The average Bonchev–Trinajstić information content (AvgIpc) is 2.91. The molecule has 3 atom stereocenters. The lowest BCUT2D eigenvalue weighted by Crippen LogP contribution is -2.21. The van der Waals surface area contributed by atoms with Gasteiger partial charge in [-0.25, -0.2) is 0 Å². The van der Waals surface area contributed by atoms with Crippen molar-refractivity contribution >= 4 is 0 Å². The van der Waals surface area contributed by atoms with E-state index in [0.29, 0.717) is 6.04 Å². The average molecular weight is 203 g/mol. The van der Waals surface area contributed by atoms with Crippen LogP contribution in [-0.2, 0) is 0 Å². The fourth-order valence-electron chi connectivity index (χ4n) is 2.07. The monoisotopic (exact) mass is 203 g/mol. The summed E-state index contributed by atoms with van der Waals surface area (Å²) in [7, 11) is 0. The van der Waals surface area contributed by atoms with Crippen LogP contribution in [0.25, 0.3) is 0 Å². The summed E-state index contributed by atoms with van der Waals surface area (Å²) in [5.74, 6) is 1.87. The molecule has 1 aromatic carbocycles. The van der Waals surface area contributed by atoms with Crippen molar-refractivity contribution in [3.8, 4) is 0 Å². The van der Waals surface area contributed by atoms with Crippen molar-refractivity contribution in [2.75, 3.05) is 6.54 Å². The van der Waals surface area contributed by atoms with Crippen molar-refractivity contribution in [3.05, 3.63) is 35.4 Å². The zero-order valence-corrected chi connectivity index (χ0v) is 9.96. The molecule has 0 amide bonds. The molecule has 1 aromatic rings. The van der Waals surface area contributed by atoms with Gasteiger partial charge >= 0.3 is 0 Å². The van der Waals surface area contributed by atoms with E-state index in [-0.39, 0.29) is 0 Å². The Labute approximate surface area is 92.9 Å². The first-order valence-corrected chi connectivity index (χ1v) is 5.97. The van der Waals surface area contributed by atoms with Gasteiger partial charge in [0.2, 0.25) is 0 Å². The molecular weight excluding hydrogens is 182 g/mol. The second-order valence-electron chi connectivity index (χ2n) is 5.02. The summed E-state index contributed by atoms with van der Waals surface area (Å²) in [5.41, 5.74) is 2.75. The van der Waals surface area contributed by atoms with Crippen molar-refractivity contribution in [1.29, 1.82) is 0 Å². The third-order valence-electron chi connectivity index (χ3n) is 3.50. The molecule has 1 fully saturated rings. The van der Waals surface area contributed by atoms with Crippen molar-refractivity contribution in [2.24, 2.45) is 11.8 Å². The number of aryl methyl sites for hydroxylation is 1. The molecule has 0 spiro atoms. The van der Waals surface area contributed by atoms with E-state index in [1.165, 1.54) is 24.1 Å². The van der Waals surface area contributed by atoms with Crippen LogP contribution in [0, 0.1) is 18.8 Å². The highest BCUT2D eigenvalue weighted by molar-refractivity contribution is 5.24. The molecule has 1 nitrogen and oxygen atoms in total. The molecule has 1 saturated carbocycles. The summed E-state index contributed by atoms with van der Waals surface area (Å²) in [6.45, 7) is 7.92. The number of nitrogens with one attached hydrogen (secondary N) is 1. The minimum absolute atomic E-state index is 0.484. The van der Waals surface area contributed by atoms with Gasteiger partial charge in [-0.15, -0.1) is 0 Å². The predicted octanol–water partition coefficient (Wildman–Crippen LogP) is 3.30. The van der Waals surface area contributed by atoms with Gasteiger partial charge in [-0.1, -0.05) is 36.8 Å². The predicted molar refractivity (Wildman–Crippen MR) is 64.9 cm³/mol. The summed E-state index contributed by atoms with van der Waals surface area (Å²) in [5, 5.41) is 3.62. The second kappa shape index (κ2) is 4.36. The minimum atomic E-state index is 0.484. The zero-order chi connectivity index (χ0) is 10.8. The van der Waals surface area contributed by atoms with Gasteiger partial charge in [-0.3, -0.25) is 0 Å². The Morgan fingerprint density at radius 2 is 2.20 bits per heavy atom. The fourth-order valence-corrected chi connectivity index (χ4v) is 2.07. The highest BCUT2D eigenvalue weighted by Gasteiger charge is 2.32. The molecular formula is C14H21N. The summed E-state index contributed by atoms with van der Waals surface area (Å²) in [4.78, 5) is 0. The summed E-state index contributed by atoms with van der Waals surface area (Å²) >= 11 is 0. The highest BCUT2D eigenvalue weighted by atomic mass is 14.9. The van der Waals surface area contributed by atoms with Crippen LogP contribution in [0.1, 0.15) is 37.4 Å².